The molecule has 118 valence electrons. The van der Waals surface area contributed by atoms with Crippen LogP contribution in [-0.2, 0) is 0 Å². The minimum absolute atomic E-state index is 0.0126. The highest BCUT2D eigenvalue weighted by molar-refractivity contribution is 5.35. The Labute approximate surface area is 125 Å². The topological polar surface area (TPSA) is 92.2 Å². The molecule has 0 aliphatic heterocycles. The zero-order valence-corrected chi connectivity index (χ0v) is 13.0. The van der Waals surface area contributed by atoms with Crippen LogP contribution in [0.5, 0.6) is 6.01 Å². The van der Waals surface area contributed by atoms with E-state index in [-0.39, 0.29) is 12.7 Å². The van der Waals surface area contributed by atoms with Gasteiger partial charge in [0, 0.05) is 20.2 Å². The molecule has 0 radical (unpaired) electrons. The molecule has 0 bridgehead atoms. The SMILES string of the molecule is CNc1nc(NCC2CCCC2CO)nc(OC(C)C)n1. The molecule has 1 aromatic rings. The van der Waals surface area contributed by atoms with Crippen molar-refractivity contribution in [3.63, 3.8) is 0 Å². The summed E-state index contributed by atoms with van der Waals surface area (Å²) in [6, 6.07) is 0.317. The zero-order valence-electron chi connectivity index (χ0n) is 13.0. The third-order valence-electron chi connectivity index (χ3n) is 3.75. The maximum atomic E-state index is 9.36. The number of nitrogens with zero attached hydrogens (tertiary/aromatic N) is 3. The van der Waals surface area contributed by atoms with Crippen molar-refractivity contribution >= 4 is 11.9 Å². The summed E-state index contributed by atoms with van der Waals surface area (Å²) in [6.07, 6.45) is 3.43. The van der Waals surface area contributed by atoms with Gasteiger partial charge >= 0.3 is 6.01 Å². The number of hydrogen-bond acceptors (Lipinski definition) is 7. The molecule has 1 aliphatic rings. The molecular formula is C14H25N5O2. The summed E-state index contributed by atoms with van der Waals surface area (Å²) in [4.78, 5) is 12.7. The molecule has 21 heavy (non-hydrogen) atoms. The van der Waals surface area contributed by atoms with E-state index < -0.39 is 0 Å². The molecule has 0 spiro atoms. The quantitative estimate of drug-likeness (QED) is 0.702. The molecule has 1 aliphatic carbocycles. The Morgan fingerprint density at radius 1 is 1.19 bits per heavy atom. The molecule has 1 heterocycles. The number of ether oxygens (including phenoxy) is 1. The van der Waals surface area contributed by atoms with Crippen LogP contribution in [0.3, 0.4) is 0 Å². The summed E-state index contributed by atoms with van der Waals surface area (Å²) in [7, 11) is 1.76. The van der Waals surface area contributed by atoms with Crippen LogP contribution < -0.4 is 15.4 Å². The summed E-state index contributed by atoms with van der Waals surface area (Å²) in [5, 5.41) is 15.5. The van der Waals surface area contributed by atoms with E-state index in [4.69, 9.17) is 4.74 Å². The Morgan fingerprint density at radius 3 is 2.57 bits per heavy atom. The summed E-state index contributed by atoms with van der Waals surface area (Å²) >= 11 is 0. The van der Waals surface area contributed by atoms with Crippen molar-refractivity contribution in [3.8, 4) is 6.01 Å². The lowest BCUT2D eigenvalue weighted by Crippen LogP contribution is -2.22. The number of nitrogens with one attached hydrogen (secondary N) is 2. The molecule has 7 nitrogen and oxygen atoms in total. The first kappa shape index (κ1) is 15.8. The number of hydrogen-bond donors (Lipinski definition) is 3. The van der Waals surface area contributed by atoms with Gasteiger partial charge in [-0.3, -0.25) is 0 Å². The van der Waals surface area contributed by atoms with Gasteiger partial charge in [-0.05, 0) is 38.5 Å². The number of aliphatic hydroxyl groups excluding tert-OH is 1. The molecule has 2 atom stereocenters. The maximum absolute atomic E-state index is 9.36. The number of aromatic nitrogens is 3. The van der Waals surface area contributed by atoms with Crippen molar-refractivity contribution in [1.82, 2.24) is 15.0 Å². The predicted octanol–water partition coefficient (Wildman–Crippen LogP) is 1.52. The van der Waals surface area contributed by atoms with Crippen molar-refractivity contribution < 1.29 is 9.84 Å². The second kappa shape index (κ2) is 7.40. The Bertz CT molecular complexity index is 455. The van der Waals surface area contributed by atoms with Gasteiger partial charge in [-0.15, -0.1) is 0 Å². The molecular weight excluding hydrogens is 270 g/mol. The zero-order chi connectivity index (χ0) is 15.2. The van der Waals surface area contributed by atoms with Gasteiger partial charge in [-0.25, -0.2) is 0 Å². The van der Waals surface area contributed by atoms with Crippen molar-refractivity contribution in [2.75, 3.05) is 30.8 Å². The third kappa shape index (κ3) is 4.42. The first-order valence-corrected chi connectivity index (χ1v) is 7.57. The minimum Gasteiger partial charge on any atom is -0.461 e. The van der Waals surface area contributed by atoms with Crippen LogP contribution in [0, 0.1) is 11.8 Å². The Balaban J connectivity index is 2.01. The predicted molar refractivity (Wildman–Crippen MR) is 81.5 cm³/mol. The van der Waals surface area contributed by atoms with Crippen molar-refractivity contribution in [3.05, 3.63) is 0 Å². The van der Waals surface area contributed by atoms with Crippen LogP contribution in [0.1, 0.15) is 33.1 Å². The second-order valence-electron chi connectivity index (χ2n) is 5.70. The molecule has 2 rings (SSSR count). The molecule has 1 fully saturated rings. The normalized spacial score (nSPS) is 21.6. The van der Waals surface area contributed by atoms with Crippen LogP contribution >= 0.6 is 0 Å². The lowest BCUT2D eigenvalue weighted by atomic mass is 9.97. The summed E-state index contributed by atoms with van der Waals surface area (Å²) in [6.45, 7) is 4.88. The number of aliphatic hydroxyl groups is 1. The maximum Gasteiger partial charge on any atom is 0.323 e. The molecule has 0 saturated heterocycles. The van der Waals surface area contributed by atoms with Crippen molar-refractivity contribution in [2.24, 2.45) is 11.8 Å². The first-order valence-electron chi connectivity index (χ1n) is 7.57. The lowest BCUT2D eigenvalue weighted by molar-refractivity contribution is 0.198. The van der Waals surface area contributed by atoms with Gasteiger partial charge in [-0.2, -0.15) is 15.0 Å². The monoisotopic (exact) mass is 295 g/mol. The fourth-order valence-corrected chi connectivity index (χ4v) is 2.66. The van der Waals surface area contributed by atoms with Gasteiger partial charge in [0.15, 0.2) is 0 Å². The smallest absolute Gasteiger partial charge is 0.323 e. The van der Waals surface area contributed by atoms with Gasteiger partial charge in [0.2, 0.25) is 11.9 Å². The minimum atomic E-state index is 0.0126. The molecule has 0 aromatic carbocycles. The number of anilines is 2. The van der Waals surface area contributed by atoms with Gasteiger partial charge in [-0.1, -0.05) is 6.42 Å². The molecule has 1 saturated carbocycles. The summed E-state index contributed by atoms with van der Waals surface area (Å²) < 4.78 is 5.53. The van der Waals surface area contributed by atoms with Crippen LogP contribution in [-0.4, -0.2) is 46.4 Å². The van der Waals surface area contributed by atoms with Crippen LogP contribution in [0.4, 0.5) is 11.9 Å². The molecule has 1 aromatic heterocycles. The highest BCUT2D eigenvalue weighted by atomic mass is 16.5. The Morgan fingerprint density at radius 2 is 1.90 bits per heavy atom. The van der Waals surface area contributed by atoms with E-state index in [2.05, 4.69) is 25.6 Å². The fraction of sp³-hybridized carbons (Fsp3) is 0.786. The average Bonchev–Trinajstić information content (AvgIpc) is 2.91. The van der Waals surface area contributed by atoms with Gasteiger partial charge in [0.25, 0.3) is 0 Å². The first-order chi connectivity index (χ1) is 10.1. The highest BCUT2D eigenvalue weighted by Crippen LogP contribution is 2.31. The summed E-state index contributed by atoms with van der Waals surface area (Å²) in [5.74, 6) is 1.84. The van der Waals surface area contributed by atoms with Crippen LogP contribution in [0.25, 0.3) is 0 Å². The Hall–Kier alpha value is -1.63. The largest absolute Gasteiger partial charge is 0.461 e. The van der Waals surface area contributed by atoms with E-state index in [1.807, 2.05) is 13.8 Å². The van der Waals surface area contributed by atoms with E-state index in [0.717, 1.165) is 19.4 Å². The second-order valence-corrected chi connectivity index (χ2v) is 5.70. The van der Waals surface area contributed by atoms with Gasteiger partial charge < -0.3 is 20.5 Å². The molecule has 3 N–H and O–H groups in total. The van der Waals surface area contributed by atoms with E-state index in [1.165, 1.54) is 6.42 Å². The molecule has 2 unspecified atom stereocenters. The number of rotatable bonds is 7. The van der Waals surface area contributed by atoms with Crippen molar-refractivity contribution in [2.45, 2.75) is 39.2 Å². The fourth-order valence-electron chi connectivity index (χ4n) is 2.66. The highest BCUT2D eigenvalue weighted by Gasteiger charge is 2.26. The van der Waals surface area contributed by atoms with Crippen molar-refractivity contribution in [1.29, 1.82) is 0 Å². The van der Waals surface area contributed by atoms with Gasteiger partial charge in [0.1, 0.15) is 0 Å². The summed E-state index contributed by atoms with van der Waals surface area (Å²) in [5.41, 5.74) is 0. The van der Waals surface area contributed by atoms with Gasteiger partial charge in [0.05, 0.1) is 6.10 Å². The van der Waals surface area contributed by atoms with E-state index in [9.17, 15) is 5.11 Å². The van der Waals surface area contributed by atoms with E-state index in [1.54, 1.807) is 7.05 Å². The van der Waals surface area contributed by atoms with E-state index in [0.29, 0.717) is 29.7 Å². The van der Waals surface area contributed by atoms with Crippen LogP contribution in [0.2, 0.25) is 0 Å². The average molecular weight is 295 g/mol. The molecule has 0 amide bonds. The standard InChI is InChI=1S/C14H25N5O2/c1-9(2)21-14-18-12(15-3)17-13(19-14)16-7-10-5-4-6-11(10)8-20/h9-11,20H,4-8H2,1-3H3,(H2,15,16,17,18,19). The lowest BCUT2D eigenvalue weighted by Gasteiger charge is -2.18. The van der Waals surface area contributed by atoms with E-state index >= 15 is 0 Å². The third-order valence-corrected chi connectivity index (χ3v) is 3.75. The Kier molecular flexibility index (Phi) is 5.55. The van der Waals surface area contributed by atoms with Crippen LogP contribution in [0.15, 0.2) is 0 Å². The molecule has 7 heteroatoms.